The molecule has 0 aliphatic rings. The molecule has 12 heteroatoms. The van der Waals surface area contributed by atoms with Crippen LogP contribution >= 0.6 is 11.3 Å². The first-order valence-electron chi connectivity index (χ1n) is 9.36. The maximum absolute atomic E-state index is 12.2. The second-order valence-electron chi connectivity index (χ2n) is 6.45. The number of furan rings is 1. The highest BCUT2D eigenvalue weighted by atomic mass is 32.1. The minimum atomic E-state index is -0.507. The standard InChI is InChI=1S/C20H20N4O7S/c1-29-16-8-12(14(24(27)28)10-17(16)30-2)5-6-21-18(25)9-13-11-32-20(22-13)23-19(26)15-4-3-7-31-15/h3-4,7-8,10-11H,5-6,9H2,1-2H3,(H,21,25)(H,22,23,26). The zero-order chi connectivity index (χ0) is 23.1. The highest BCUT2D eigenvalue weighted by molar-refractivity contribution is 7.14. The molecule has 11 nitrogen and oxygen atoms in total. The Morgan fingerprint density at radius 3 is 2.66 bits per heavy atom. The van der Waals surface area contributed by atoms with Crippen LogP contribution < -0.4 is 20.1 Å². The molecular weight excluding hydrogens is 440 g/mol. The molecule has 0 bridgehead atoms. The van der Waals surface area contributed by atoms with Crippen molar-refractivity contribution in [1.82, 2.24) is 10.3 Å². The second-order valence-corrected chi connectivity index (χ2v) is 7.30. The lowest BCUT2D eigenvalue weighted by Crippen LogP contribution is -2.27. The Morgan fingerprint density at radius 1 is 1.25 bits per heavy atom. The number of ether oxygens (including phenoxy) is 2. The highest BCUT2D eigenvalue weighted by Crippen LogP contribution is 2.34. The number of carbonyl (C=O) groups excluding carboxylic acids is 2. The molecule has 0 fully saturated rings. The van der Waals surface area contributed by atoms with Crippen LogP contribution in [0.3, 0.4) is 0 Å². The summed E-state index contributed by atoms with van der Waals surface area (Å²) in [4.78, 5) is 39.3. The van der Waals surface area contributed by atoms with Gasteiger partial charge in [-0.2, -0.15) is 0 Å². The van der Waals surface area contributed by atoms with E-state index in [-0.39, 0.29) is 42.5 Å². The van der Waals surface area contributed by atoms with Crippen LogP contribution in [0.5, 0.6) is 11.5 Å². The molecule has 0 saturated heterocycles. The van der Waals surface area contributed by atoms with Gasteiger partial charge < -0.3 is 19.2 Å². The number of hydrogen-bond acceptors (Lipinski definition) is 9. The summed E-state index contributed by atoms with van der Waals surface area (Å²) < 4.78 is 15.3. The van der Waals surface area contributed by atoms with Crippen molar-refractivity contribution < 1.29 is 28.4 Å². The number of nitrogens with zero attached hydrogens (tertiary/aromatic N) is 2. The van der Waals surface area contributed by atoms with E-state index >= 15 is 0 Å². The Kier molecular flexibility index (Phi) is 7.39. The lowest BCUT2D eigenvalue weighted by molar-refractivity contribution is -0.385. The molecule has 0 aliphatic carbocycles. The van der Waals surface area contributed by atoms with Gasteiger partial charge in [-0.05, 0) is 24.6 Å². The summed E-state index contributed by atoms with van der Waals surface area (Å²) in [5.74, 6) is 0.0411. The number of thiazole rings is 1. The van der Waals surface area contributed by atoms with Crippen molar-refractivity contribution in [1.29, 1.82) is 0 Å². The quantitative estimate of drug-likeness (QED) is 0.347. The number of rotatable bonds is 10. The van der Waals surface area contributed by atoms with E-state index in [0.717, 1.165) is 0 Å². The summed E-state index contributed by atoms with van der Waals surface area (Å²) in [5.41, 5.74) is 0.775. The van der Waals surface area contributed by atoms with E-state index in [1.54, 1.807) is 11.4 Å². The first kappa shape index (κ1) is 22.7. The molecule has 0 saturated carbocycles. The Bertz CT molecular complexity index is 1110. The van der Waals surface area contributed by atoms with Gasteiger partial charge in [0.05, 0.1) is 43.6 Å². The SMILES string of the molecule is COc1cc(CCNC(=O)Cc2csc(NC(=O)c3ccco3)n2)c([N+](=O)[O-])cc1OC. The molecule has 2 aromatic heterocycles. The van der Waals surface area contributed by atoms with Crippen molar-refractivity contribution in [3.05, 3.63) is 63.0 Å². The van der Waals surface area contributed by atoms with Crippen molar-refractivity contribution in [3.8, 4) is 11.5 Å². The number of hydrogen-bond donors (Lipinski definition) is 2. The molecule has 3 aromatic rings. The third-order valence-electron chi connectivity index (χ3n) is 4.36. The van der Waals surface area contributed by atoms with Crippen molar-refractivity contribution in [3.63, 3.8) is 0 Å². The van der Waals surface area contributed by atoms with Gasteiger partial charge in [-0.1, -0.05) is 0 Å². The molecule has 3 rings (SSSR count). The van der Waals surface area contributed by atoms with Crippen LogP contribution in [0.1, 0.15) is 21.8 Å². The maximum atomic E-state index is 12.2. The number of nitro benzene ring substituents is 1. The highest BCUT2D eigenvalue weighted by Gasteiger charge is 2.19. The minimum absolute atomic E-state index is 0.00114. The van der Waals surface area contributed by atoms with Crippen LogP contribution in [0.15, 0.2) is 40.3 Å². The second kappa shape index (κ2) is 10.4. The molecule has 168 valence electrons. The molecule has 0 spiro atoms. The summed E-state index contributed by atoms with van der Waals surface area (Å²) in [6, 6.07) is 5.95. The molecule has 0 aliphatic heterocycles. The number of aromatic nitrogens is 1. The third kappa shape index (κ3) is 5.60. The van der Waals surface area contributed by atoms with Gasteiger partial charge in [0, 0.05) is 17.5 Å². The third-order valence-corrected chi connectivity index (χ3v) is 5.16. The molecule has 2 N–H and O–H groups in total. The number of carbonyl (C=O) groups is 2. The number of anilines is 1. The molecule has 0 radical (unpaired) electrons. The summed E-state index contributed by atoms with van der Waals surface area (Å²) in [6.07, 6.45) is 1.62. The van der Waals surface area contributed by atoms with Crippen molar-refractivity contribution in [2.45, 2.75) is 12.8 Å². The molecule has 2 amide bonds. The van der Waals surface area contributed by atoms with Gasteiger partial charge in [0.2, 0.25) is 5.91 Å². The van der Waals surface area contributed by atoms with Gasteiger partial charge in [0.1, 0.15) is 0 Å². The molecule has 1 aromatic carbocycles. The van der Waals surface area contributed by atoms with Crippen LogP contribution in [-0.4, -0.2) is 42.5 Å². The van der Waals surface area contributed by atoms with Gasteiger partial charge in [-0.15, -0.1) is 11.3 Å². The fourth-order valence-corrected chi connectivity index (χ4v) is 3.56. The number of nitro groups is 1. The van der Waals surface area contributed by atoms with Crippen LogP contribution in [0.25, 0.3) is 0 Å². The van der Waals surface area contributed by atoms with Crippen LogP contribution in [0.2, 0.25) is 0 Å². The predicted molar refractivity (Wildman–Crippen MR) is 115 cm³/mol. The summed E-state index contributed by atoms with van der Waals surface area (Å²) >= 11 is 1.19. The van der Waals surface area contributed by atoms with Crippen molar-refractivity contribution >= 4 is 34.0 Å². The number of amides is 2. The van der Waals surface area contributed by atoms with Gasteiger partial charge >= 0.3 is 0 Å². The first-order chi connectivity index (χ1) is 15.4. The number of methoxy groups -OCH3 is 2. The molecular formula is C20H20N4O7S. The van der Waals surface area contributed by atoms with Crippen LogP contribution in [0, 0.1) is 10.1 Å². The molecule has 0 atom stereocenters. The fraction of sp³-hybridized carbons (Fsp3) is 0.250. The summed E-state index contributed by atoms with van der Waals surface area (Å²) in [6.45, 7) is 0.182. The van der Waals surface area contributed by atoms with Gasteiger partial charge in [-0.3, -0.25) is 25.0 Å². The monoisotopic (exact) mass is 460 g/mol. The Balaban J connectivity index is 1.54. The molecule has 2 heterocycles. The van der Waals surface area contributed by atoms with Crippen LogP contribution in [0.4, 0.5) is 10.8 Å². The van der Waals surface area contributed by atoms with E-state index < -0.39 is 10.8 Å². The van der Waals surface area contributed by atoms with Gasteiger partial charge in [0.25, 0.3) is 11.6 Å². The van der Waals surface area contributed by atoms with Crippen LogP contribution in [-0.2, 0) is 17.6 Å². The van der Waals surface area contributed by atoms with E-state index in [2.05, 4.69) is 15.6 Å². The lowest BCUT2D eigenvalue weighted by atomic mass is 10.1. The average Bonchev–Trinajstić information content (AvgIpc) is 3.45. The fourth-order valence-electron chi connectivity index (χ4n) is 2.86. The van der Waals surface area contributed by atoms with Gasteiger partial charge in [0.15, 0.2) is 22.4 Å². The number of benzene rings is 1. The Labute approximate surface area is 186 Å². The Hall–Kier alpha value is -3.93. The van der Waals surface area contributed by atoms with E-state index in [0.29, 0.717) is 22.1 Å². The normalized spacial score (nSPS) is 10.4. The average molecular weight is 460 g/mol. The zero-order valence-corrected chi connectivity index (χ0v) is 18.1. The van der Waals surface area contributed by atoms with E-state index in [1.807, 2.05) is 0 Å². The van der Waals surface area contributed by atoms with Gasteiger partial charge in [-0.25, -0.2) is 4.98 Å². The molecule has 32 heavy (non-hydrogen) atoms. The largest absolute Gasteiger partial charge is 0.493 e. The smallest absolute Gasteiger partial charge is 0.293 e. The first-order valence-corrected chi connectivity index (χ1v) is 10.2. The topological polar surface area (TPSA) is 146 Å². The van der Waals surface area contributed by atoms with Crippen molar-refractivity contribution in [2.75, 3.05) is 26.1 Å². The summed E-state index contributed by atoms with van der Waals surface area (Å²) in [5, 5.41) is 18.7. The predicted octanol–water partition coefficient (Wildman–Crippen LogP) is 2.82. The molecule has 0 unspecified atom stereocenters. The summed E-state index contributed by atoms with van der Waals surface area (Å²) in [7, 11) is 2.84. The maximum Gasteiger partial charge on any atom is 0.293 e. The van der Waals surface area contributed by atoms with E-state index in [4.69, 9.17) is 13.9 Å². The van der Waals surface area contributed by atoms with Crippen molar-refractivity contribution in [2.24, 2.45) is 0 Å². The zero-order valence-electron chi connectivity index (χ0n) is 17.2. The van der Waals surface area contributed by atoms with E-state index in [1.165, 1.54) is 50.0 Å². The van der Waals surface area contributed by atoms with E-state index in [9.17, 15) is 19.7 Å². The Morgan fingerprint density at radius 2 is 2.00 bits per heavy atom. The lowest BCUT2D eigenvalue weighted by Gasteiger charge is -2.11. The number of nitrogens with one attached hydrogen (secondary N) is 2. The minimum Gasteiger partial charge on any atom is -0.493 e.